The van der Waals surface area contributed by atoms with E-state index >= 15 is 0 Å². The highest BCUT2D eigenvalue weighted by Gasteiger charge is 2.09. The van der Waals surface area contributed by atoms with Crippen LogP contribution >= 0.6 is 0 Å². The molecule has 0 spiro atoms. The molecule has 0 heterocycles. The van der Waals surface area contributed by atoms with Gasteiger partial charge >= 0.3 is 6.61 Å². The van der Waals surface area contributed by atoms with Gasteiger partial charge in [-0.3, -0.25) is 0 Å². The average molecular weight is 285 g/mol. The summed E-state index contributed by atoms with van der Waals surface area (Å²) >= 11 is 0. The largest absolute Gasteiger partial charge is 0.434 e. The fourth-order valence-corrected chi connectivity index (χ4v) is 2.12. The number of ether oxygens (including phenoxy) is 1. The summed E-state index contributed by atoms with van der Waals surface area (Å²) in [5, 5.41) is 3.36. The van der Waals surface area contributed by atoms with Crippen LogP contribution in [0.5, 0.6) is 5.75 Å². The summed E-state index contributed by atoms with van der Waals surface area (Å²) in [7, 11) is 0. The fourth-order valence-electron chi connectivity index (χ4n) is 2.12. The Morgan fingerprint density at radius 1 is 1.15 bits per heavy atom. The summed E-state index contributed by atoms with van der Waals surface area (Å²) in [4.78, 5) is 0. The van der Waals surface area contributed by atoms with E-state index in [9.17, 15) is 8.78 Å². The molecule has 1 N–H and O–H groups in total. The minimum atomic E-state index is -2.78. The molecule has 1 unspecified atom stereocenters. The number of halogens is 2. The Morgan fingerprint density at radius 2 is 1.90 bits per heavy atom. The summed E-state index contributed by atoms with van der Waals surface area (Å²) in [6.07, 6.45) is 6.08. The first-order chi connectivity index (χ1) is 9.63. The minimum absolute atomic E-state index is 0.258. The molecule has 4 heteroatoms. The maximum atomic E-state index is 12.3. The molecule has 0 saturated carbocycles. The molecule has 0 aliphatic rings. The van der Waals surface area contributed by atoms with Crippen LogP contribution in [0.1, 0.15) is 51.5 Å². The number of nitrogens with one attached hydrogen (secondary N) is 1. The van der Waals surface area contributed by atoms with Gasteiger partial charge in [0.1, 0.15) is 5.75 Å². The molecule has 0 amide bonds. The molecule has 1 rings (SSSR count). The van der Waals surface area contributed by atoms with E-state index in [-0.39, 0.29) is 5.75 Å². The normalized spacial score (nSPS) is 12.7. The van der Waals surface area contributed by atoms with Crippen LogP contribution in [0.4, 0.5) is 8.78 Å². The van der Waals surface area contributed by atoms with Crippen molar-refractivity contribution in [2.45, 2.75) is 65.1 Å². The monoisotopic (exact) mass is 285 g/mol. The predicted molar refractivity (Wildman–Crippen MR) is 78.1 cm³/mol. The van der Waals surface area contributed by atoms with Crippen LogP contribution < -0.4 is 10.1 Å². The van der Waals surface area contributed by atoms with Gasteiger partial charge in [0.2, 0.25) is 0 Å². The molecule has 0 fully saturated rings. The standard InChI is InChI=1S/C16H25F2NO/c1-3-4-5-6-9-13(2)19-12-14-10-7-8-11-15(14)20-16(17)18/h7-8,10-11,13,16,19H,3-6,9,12H2,1-2H3. The van der Waals surface area contributed by atoms with E-state index < -0.39 is 6.61 Å². The van der Waals surface area contributed by atoms with Gasteiger partial charge in [0.15, 0.2) is 0 Å². The highest BCUT2D eigenvalue weighted by atomic mass is 19.3. The van der Waals surface area contributed by atoms with Crippen molar-refractivity contribution in [2.75, 3.05) is 0 Å². The molecule has 1 atom stereocenters. The lowest BCUT2D eigenvalue weighted by Crippen LogP contribution is -2.25. The first-order valence-corrected chi connectivity index (χ1v) is 7.39. The van der Waals surface area contributed by atoms with E-state index in [1.165, 1.54) is 25.7 Å². The van der Waals surface area contributed by atoms with Crippen molar-refractivity contribution in [3.8, 4) is 5.75 Å². The van der Waals surface area contributed by atoms with E-state index in [1.54, 1.807) is 12.1 Å². The van der Waals surface area contributed by atoms with Crippen molar-refractivity contribution < 1.29 is 13.5 Å². The van der Waals surface area contributed by atoms with Gasteiger partial charge in [-0.05, 0) is 19.4 Å². The Hall–Kier alpha value is -1.16. The van der Waals surface area contributed by atoms with Gasteiger partial charge in [0.05, 0.1) is 0 Å². The Labute approximate surface area is 120 Å². The zero-order chi connectivity index (χ0) is 14.8. The van der Waals surface area contributed by atoms with Crippen molar-refractivity contribution in [1.29, 1.82) is 0 Å². The number of hydrogen-bond acceptors (Lipinski definition) is 2. The van der Waals surface area contributed by atoms with Crippen LogP contribution in [0.2, 0.25) is 0 Å². The molecule has 114 valence electrons. The zero-order valence-electron chi connectivity index (χ0n) is 12.4. The molecule has 1 aromatic carbocycles. The number of rotatable bonds is 10. The van der Waals surface area contributed by atoms with E-state index in [2.05, 4.69) is 23.9 Å². The van der Waals surface area contributed by atoms with Crippen LogP contribution in [0.3, 0.4) is 0 Å². The first kappa shape index (κ1) is 16.9. The Morgan fingerprint density at radius 3 is 2.60 bits per heavy atom. The van der Waals surface area contributed by atoms with Crippen molar-refractivity contribution in [3.63, 3.8) is 0 Å². The second kappa shape index (κ2) is 9.70. The minimum Gasteiger partial charge on any atom is -0.434 e. The molecule has 0 aromatic heterocycles. The van der Waals surface area contributed by atoms with E-state index in [1.807, 2.05) is 12.1 Å². The van der Waals surface area contributed by atoms with E-state index in [0.717, 1.165) is 12.0 Å². The van der Waals surface area contributed by atoms with Gasteiger partial charge in [-0.2, -0.15) is 8.78 Å². The van der Waals surface area contributed by atoms with Crippen molar-refractivity contribution in [3.05, 3.63) is 29.8 Å². The van der Waals surface area contributed by atoms with Crippen molar-refractivity contribution in [1.82, 2.24) is 5.32 Å². The van der Waals surface area contributed by atoms with Gasteiger partial charge < -0.3 is 10.1 Å². The third-order valence-corrected chi connectivity index (χ3v) is 3.32. The van der Waals surface area contributed by atoms with Gasteiger partial charge in [-0.15, -0.1) is 0 Å². The van der Waals surface area contributed by atoms with Crippen LogP contribution in [0.25, 0.3) is 0 Å². The Bertz CT molecular complexity index is 371. The molecule has 2 nitrogen and oxygen atoms in total. The van der Waals surface area contributed by atoms with Crippen LogP contribution in [0.15, 0.2) is 24.3 Å². The lowest BCUT2D eigenvalue weighted by molar-refractivity contribution is -0.0505. The molecular formula is C16H25F2NO. The van der Waals surface area contributed by atoms with Crippen LogP contribution in [-0.2, 0) is 6.54 Å². The maximum Gasteiger partial charge on any atom is 0.387 e. The summed E-state index contributed by atoms with van der Waals surface area (Å²) < 4.78 is 29.1. The Kier molecular flexibility index (Phi) is 8.19. The van der Waals surface area contributed by atoms with Crippen molar-refractivity contribution in [2.24, 2.45) is 0 Å². The third-order valence-electron chi connectivity index (χ3n) is 3.32. The van der Waals surface area contributed by atoms with E-state index in [0.29, 0.717) is 12.6 Å². The topological polar surface area (TPSA) is 21.3 Å². The van der Waals surface area contributed by atoms with Crippen molar-refractivity contribution >= 4 is 0 Å². The van der Waals surface area contributed by atoms with Gasteiger partial charge in [-0.1, -0.05) is 50.8 Å². The summed E-state index contributed by atoms with van der Waals surface area (Å²) in [5.74, 6) is 0.258. The summed E-state index contributed by atoms with van der Waals surface area (Å²) in [5.41, 5.74) is 0.771. The zero-order valence-corrected chi connectivity index (χ0v) is 12.4. The summed E-state index contributed by atoms with van der Waals surface area (Å²) in [6, 6.07) is 7.31. The lowest BCUT2D eigenvalue weighted by Gasteiger charge is -2.16. The molecule has 0 aliphatic heterocycles. The smallest absolute Gasteiger partial charge is 0.387 e. The SMILES string of the molecule is CCCCCCC(C)NCc1ccccc1OC(F)F. The molecule has 0 radical (unpaired) electrons. The second-order valence-electron chi connectivity index (χ2n) is 5.12. The number of unbranched alkanes of at least 4 members (excludes halogenated alkanes) is 3. The van der Waals surface area contributed by atoms with Crippen LogP contribution in [0, 0.1) is 0 Å². The van der Waals surface area contributed by atoms with Crippen LogP contribution in [-0.4, -0.2) is 12.7 Å². The predicted octanol–water partition coefficient (Wildman–Crippen LogP) is 4.74. The number of hydrogen-bond donors (Lipinski definition) is 1. The maximum absolute atomic E-state index is 12.3. The summed E-state index contributed by atoms with van der Waals surface area (Å²) in [6.45, 7) is 2.10. The quantitative estimate of drug-likeness (QED) is 0.627. The molecule has 20 heavy (non-hydrogen) atoms. The third kappa shape index (κ3) is 6.85. The Balaban J connectivity index is 2.37. The second-order valence-corrected chi connectivity index (χ2v) is 5.12. The number of para-hydroxylation sites is 1. The average Bonchev–Trinajstić information content (AvgIpc) is 2.42. The lowest BCUT2D eigenvalue weighted by atomic mass is 10.1. The van der Waals surface area contributed by atoms with E-state index in [4.69, 9.17) is 0 Å². The van der Waals surface area contributed by atoms with Gasteiger partial charge in [-0.25, -0.2) is 0 Å². The van der Waals surface area contributed by atoms with Gasteiger partial charge in [0, 0.05) is 18.2 Å². The molecular weight excluding hydrogens is 260 g/mol. The fraction of sp³-hybridized carbons (Fsp3) is 0.625. The number of alkyl halides is 2. The number of benzene rings is 1. The highest BCUT2D eigenvalue weighted by Crippen LogP contribution is 2.20. The van der Waals surface area contributed by atoms with Gasteiger partial charge in [0.25, 0.3) is 0 Å². The molecule has 1 aromatic rings. The molecule has 0 bridgehead atoms. The molecule has 0 saturated heterocycles. The molecule has 0 aliphatic carbocycles. The highest BCUT2D eigenvalue weighted by molar-refractivity contribution is 5.33. The first-order valence-electron chi connectivity index (χ1n) is 7.39.